The van der Waals surface area contributed by atoms with Crippen molar-refractivity contribution in [2.24, 2.45) is 0 Å². The first kappa shape index (κ1) is 26.8. The number of anilines is 2. The van der Waals surface area contributed by atoms with Gasteiger partial charge in [0.25, 0.3) is 0 Å². The van der Waals surface area contributed by atoms with E-state index in [1.807, 2.05) is 0 Å². The standard InChI is InChI=1S/C29H22F6N2O/c30-28(31,32)25(21-15-19(11-13-23(21)36)17-7-3-1-4-8-17)27(38)26(29(33,34)35)22-16-20(12-14-24(22)37)18-9-5-2-6-10-18/h1-16,25-26H,36-37H2. The van der Waals surface area contributed by atoms with Gasteiger partial charge in [-0.2, -0.15) is 26.3 Å². The highest BCUT2D eigenvalue weighted by Gasteiger charge is 2.56. The Labute approximate surface area is 214 Å². The molecule has 0 saturated carbocycles. The zero-order valence-corrected chi connectivity index (χ0v) is 19.7. The quantitative estimate of drug-likeness (QED) is 0.199. The molecule has 0 spiro atoms. The van der Waals surface area contributed by atoms with Gasteiger partial charge in [-0.05, 0) is 57.6 Å². The van der Waals surface area contributed by atoms with E-state index in [2.05, 4.69) is 0 Å². The van der Waals surface area contributed by atoms with Crippen LogP contribution in [0.4, 0.5) is 37.7 Å². The van der Waals surface area contributed by atoms with Crippen LogP contribution < -0.4 is 11.5 Å². The molecule has 0 aliphatic heterocycles. The van der Waals surface area contributed by atoms with Crippen molar-refractivity contribution in [2.45, 2.75) is 24.2 Å². The number of nitrogen functional groups attached to an aromatic ring is 2. The van der Waals surface area contributed by atoms with Crippen LogP contribution in [0.5, 0.6) is 0 Å². The summed E-state index contributed by atoms with van der Waals surface area (Å²) < 4.78 is 86.4. The summed E-state index contributed by atoms with van der Waals surface area (Å²) in [5.74, 6) is -8.39. The summed E-state index contributed by atoms with van der Waals surface area (Å²) in [6.07, 6.45) is -10.7. The minimum absolute atomic E-state index is 0.269. The van der Waals surface area contributed by atoms with Crippen molar-refractivity contribution in [1.29, 1.82) is 0 Å². The molecule has 0 aromatic heterocycles. The Morgan fingerprint density at radius 3 is 1.18 bits per heavy atom. The molecule has 38 heavy (non-hydrogen) atoms. The minimum Gasteiger partial charge on any atom is -0.398 e. The fourth-order valence-corrected chi connectivity index (χ4v) is 4.42. The van der Waals surface area contributed by atoms with Crippen molar-refractivity contribution >= 4 is 17.2 Å². The number of halogens is 6. The van der Waals surface area contributed by atoms with Crippen molar-refractivity contribution in [3.05, 3.63) is 108 Å². The summed E-state index contributed by atoms with van der Waals surface area (Å²) in [6, 6.07) is 23.7. The van der Waals surface area contributed by atoms with Gasteiger partial charge in [0, 0.05) is 11.4 Å². The van der Waals surface area contributed by atoms with Crippen molar-refractivity contribution in [1.82, 2.24) is 0 Å². The SMILES string of the molecule is Nc1ccc(-c2ccccc2)cc1C(C(=O)C(c1cc(-c2ccccc2)ccc1N)C(F)(F)F)C(F)(F)F. The Kier molecular flexibility index (Phi) is 7.22. The van der Waals surface area contributed by atoms with Crippen LogP contribution in [0.1, 0.15) is 23.0 Å². The van der Waals surface area contributed by atoms with Crippen LogP contribution in [0.2, 0.25) is 0 Å². The highest BCUT2D eigenvalue weighted by Crippen LogP contribution is 2.48. The number of nitrogens with two attached hydrogens (primary N) is 2. The third-order valence-corrected chi connectivity index (χ3v) is 6.23. The lowest BCUT2D eigenvalue weighted by molar-refractivity contribution is -0.183. The van der Waals surface area contributed by atoms with E-state index in [9.17, 15) is 31.1 Å². The second kappa shape index (κ2) is 10.2. The van der Waals surface area contributed by atoms with Gasteiger partial charge in [-0.1, -0.05) is 72.8 Å². The van der Waals surface area contributed by atoms with E-state index >= 15 is 0 Å². The molecular weight excluding hydrogens is 506 g/mol. The zero-order chi connectivity index (χ0) is 27.7. The fraction of sp³-hybridized carbons (Fsp3) is 0.138. The van der Waals surface area contributed by atoms with Crippen molar-refractivity contribution in [3.63, 3.8) is 0 Å². The first-order valence-electron chi connectivity index (χ1n) is 11.4. The molecule has 0 radical (unpaired) electrons. The number of carbonyl (C=O) groups excluding carboxylic acids is 1. The number of alkyl halides is 6. The highest BCUT2D eigenvalue weighted by molar-refractivity contribution is 5.96. The molecule has 4 aromatic carbocycles. The van der Waals surface area contributed by atoms with Gasteiger partial charge in [-0.3, -0.25) is 4.79 Å². The van der Waals surface area contributed by atoms with Crippen LogP contribution in [-0.2, 0) is 4.79 Å². The Morgan fingerprint density at radius 2 is 0.868 bits per heavy atom. The molecule has 4 N–H and O–H groups in total. The van der Waals surface area contributed by atoms with Crippen molar-refractivity contribution in [3.8, 4) is 22.3 Å². The van der Waals surface area contributed by atoms with E-state index in [4.69, 9.17) is 11.5 Å². The second-order valence-corrected chi connectivity index (χ2v) is 8.77. The number of rotatable bonds is 6. The topological polar surface area (TPSA) is 69.1 Å². The lowest BCUT2D eigenvalue weighted by Gasteiger charge is -2.28. The van der Waals surface area contributed by atoms with Crippen LogP contribution in [0.25, 0.3) is 22.3 Å². The molecule has 196 valence electrons. The molecular formula is C29H22F6N2O. The van der Waals surface area contributed by atoms with E-state index in [0.29, 0.717) is 11.1 Å². The number of ketones is 1. The van der Waals surface area contributed by atoms with Crippen molar-refractivity contribution < 1.29 is 31.1 Å². The molecule has 2 unspecified atom stereocenters. The van der Waals surface area contributed by atoms with Gasteiger partial charge < -0.3 is 11.5 Å². The summed E-state index contributed by atoms with van der Waals surface area (Å²) in [5.41, 5.74) is 10.8. The van der Waals surface area contributed by atoms with Crippen LogP contribution in [0.3, 0.4) is 0 Å². The molecule has 0 amide bonds. The molecule has 2 atom stereocenters. The summed E-state index contributed by atoms with van der Waals surface area (Å²) in [4.78, 5) is 13.4. The number of hydrogen-bond acceptors (Lipinski definition) is 3. The minimum atomic E-state index is -5.37. The number of Topliss-reactive ketones (excluding diaryl/α,β-unsaturated/α-hetero) is 1. The highest BCUT2D eigenvalue weighted by atomic mass is 19.4. The Balaban J connectivity index is 1.88. The molecule has 0 heterocycles. The molecule has 4 aromatic rings. The van der Waals surface area contributed by atoms with Crippen LogP contribution in [-0.4, -0.2) is 18.1 Å². The Hall–Kier alpha value is -4.27. The van der Waals surface area contributed by atoms with Crippen LogP contribution in [0.15, 0.2) is 97.1 Å². The maximum Gasteiger partial charge on any atom is 0.402 e. The van der Waals surface area contributed by atoms with Gasteiger partial charge in [-0.25, -0.2) is 0 Å². The van der Waals surface area contributed by atoms with E-state index in [1.54, 1.807) is 60.7 Å². The van der Waals surface area contributed by atoms with Gasteiger partial charge in [-0.15, -0.1) is 0 Å². The van der Waals surface area contributed by atoms with E-state index < -0.39 is 52.5 Å². The number of hydrogen-bond donors (Lipinski definition) is 2. The predicted molar refractivity (Wildman–Crippen MR) is 135 cm³/mol. The molecule has 0 saturated heterocycles. The molecule has 0 fully saturated rings. The zero-order valence-electron chi connectivity index (χ0n) is 19.7. The van der Waals surface area contributed by atoms with Gasteiger partial charge in [0.1, 0.15) is 11.8 Å². The monoisotopic (exact) mass is 528 g/mol. The van der Waals surface area contributed by atoms with Gasteiger partial charge in [0.2, 0.25) is 0 Å². The van der Waals surface area contributed by atoms with E-state index in [-0.39, 0.29) is 11.1 Å². The second-order valence-electron chi connectivity index (χ2n) is 8.77. The van der Waals surface area contributed by atoms with Crippen LogP contribution >= 0.6 is 0 Å². The maximum absolute atomic E-state index is 14.4. The molecule has 4 rings (SSSR count). The largest absolute Gasteiger partial charge is 0.402 e. The third-order valence-electron chi connectivity index (χ3n) is 6.23. The van der Waals surface area contributed by atoms with Crippen LogP contribution in [0, 0.1) is 0 Å². The lowest BCUT2D eigenvalue weighted by Crippen LogP contribution is -2.38. The molecule has 0 aliphatic rings. The number of carbonyl (C=O) groups is 1. The molecule has 3 nitrogen and oxygen atoms in total. The molecule has 0 bridgehead atoms. The fourth-order valence-electron chi connectivity index (χ4n) is 4.42. The first-order valence-corrected chi connectivity index (χ1v) is 11.4. The molecule has 9 heteroatoms. The van der Waals surface area contributed by atoms with E-state index in [0.717, 1.165) is 24.3 Å². The van der Waals surface area contributed by atoms with Gasteiger partial charge in [0.05, 0.1) is 0 Å². The lowest BCUT2D eigenvalue weighted by atomic mass is 9.80. The van der Waals surface area contributed by atoms with Crippen molar-refractivity contribution in [2.75, 3.05) is 11.5 Å². The normalized spacial score (nSPS) is 13.6. The summed E-state index contributed by atoms with van der Waals surface area (Å²) in [5, 5.41) is 0. The smallest absolute Gasteiger partial charge is 0.398 e. The summed E-state index contributed by atoms with van der Waals surface area (Å²) in [6.45, 7) is 0. The number of benzene rings is 4. The third kappa shape index (κ3) is 5.51. The predicted octanol–water partition coefficient (Wildman–Crippen LogP) is 7.75. The Morgan fingerprint density at radius 1 is 0.526 bits per heavy atom. The van der Waals surface area contributed by atoms with Gasteiger partial charge in [0.15, 0.2) is 5.78 Å². The Bertz CT molecular complexity index is 1320. The molecule has 0 aliphatic carbocycles. The maximum atomic E-state index is 14.4. The summed E-state index contributed by atoms with van der Waals surface area (Å²) >= 11 is 0. The van der Waals surface area contributed by atoms with E-state index in [1.165, 1.54) is 12.1 Å². The van der Waals surface area contributed by atoms with Gasteiger partial charge >= 0.3 is 12.4 Å². The average molecular weight is 528 g/mol. The average Bonchev–Trinajstić information content (AvgIpc) is 2.86. The first-order chi connectivity index (χ1) is 17.9. The summed E-state index contributed by atoms with van der Waals surface area (Å²) in [7, 11) is 0.